The number of likely N-dealkylation sites (N-methyl/N-ethyl adjacent to an activating group) is 1. The number of nitrogens with zero attached hydrogens (tertiary/aromatic N) is 4. The van der Waals surface area contributed by atoms with E-state index in [1.165, 1.54) is 29.5 Å². The molecule has 1 unspecified atom stereocenters. The number of hydrogen-bond donors (Lipinski definition) is 0. The monoisotopic (exact) mass is 336 g/mol. The molecule has 4 rings (SSSR count). The van der Waals surface area contributed by atoms with Crippen molar-refractivity contribution in [3.63, 3.8) is 0 Å². The van der Waals surface area contributed by atoms with Gasteiger partial charge in [0.25, 0.3) is 0 Å². The van der Waals surface area contributed by atoms with E-state index in [-0.39, 0.29) is 0 Å². The first-order valence-corrected chi connectivity index (χ1v) is 9.40. The molecule has 0 spiro atoms. The molecule has 1 aromatic carbocycles. The van der Waals surface area contributed by atoms with E-state index in [4.69, 9.17) is 0 Å². The molecule has 1 aromatic heterocycles. The molecule has 2 aliphatic heterocycles. The first kappa shape index (κ1) is 16.6. The van der Waals surface area contributed by atoms with Crippen molar-refractivity contribution >= 4 is 5.82 Å². The highest BCUT2D eigenvalue weighted by Gasteiger charge is 2.25. The topological polar surface area (TPSA) is 22.6 Å². The van der Waals surface area contributed by atoms with E-state index in [1.807, 2.05) is 6.20 Å². The van der Waals surface area contributed by atoms with Crippen molar-refractivity contribution in [2.75, 3.05) is 51.7 Å². The first-order valence-electron chi connectivity index (χ1n) is 9.40. The van der Waals surface area contributed by atoms with Crippen LogP contribution in [-0.2, 0) is 6.42 Å². The van der Waals surface area contributed by atoms with Gasteiger partial charge in [-0.3, -0.25) is 4.90 Å². The largest absolute Gasteiger partial charge is 0.354 e. The number of aryl methyl sites for hydroxylation is 1. The average molecular weight is 336 g/mol. The predicted molar refractivity (Wildman–Crippen MR) is 103 cm³/mol. The van der Waals surface area contributed by atoms with Crippen LogP contribution in [-0.4, -0.2) is 61.6 Å². The second-order valence-corrected chi connectivity index (χ2v) is 7.42. The van der Waals surface area contributed by atoms with Gasteiger partial charge >= 0.3 is 0 Å². The summed E-state index contributed by atoms with van der Waals surface area (Å²) in [5.74, 6) is 1.13. The van der Waals surface area contributed by atoms with Crippen LogP contribution < -0.4 is 4.90 Å². The van der Waals surface area contributed by atoms with Crippen molar-refractivity contribution in [2.45, 2.75) is 18.9 Å². The Hall–Kier alpha value is -1.91. The molecule has 1 atom stereocenters. The molecule has 1 saturated heterocycles. The third-order valence-corrected chi connectivity index (χ3v) is 5.66. The van der Waals surface area contributed by atoms with E-state index >= 15 is 0 Å². The van der Waals surface area contributed by atoms with E-state index in [0.717, 1.165) is 38.5 Å². The number of pyridine rings is 1. The van der Waals surface area contributed by atoms with E-state index in [9.17, 15) is 0 Å². The van der Waals surface area contributed by atoms with Gasteiger partial charge in [0.2, 0.25) is 0 Å². The van der Waals surface area contributed by atoms with Crippen LogP contribution in [0.4, 0.5) is 5.82 Å². The van der Waals surface area contributed by atoms with Gasteiger partial charge in [0.05, 0.1) is 6.04 Å². The molecule has 3 heterocycles. The summed E-state index contributed by atoms with van der Waals surface area (Å²) in [5.41, 5.74) is 4.31. The van der Waals surface area contributed by atoms with E-state index in [1.54, 1.807) is 0 Å². The van der Waals surface area contributed by atoms with Gasteiger partial charge in [0, 0.05) is 32.4 Å². The predicted octanol–water partition coefficient (Wildman–Crippen LogP) is 2.80. The maximum absolute atomic E-state index is 4.68. The van der Waals surface area contributed by atoms with Crippen LogP contribution >= 0.6 is 0 Å². The molecule has 0 N–H and O–H groups in total. The Balaban J connectivity index is 1.68. The highest BCUT2D eigenvalue weighted by Crippen LogP contribution is 2.34. The number of anilines is 1. The molecule has 2 aliphatic rings. The lowest BCUT2D eigenvalue weighted by molar-refractivity contribution is 0.284. The smallest absolute Gasteiger partial charge is 0.128 e. The molecule has 1 fully saturated rings. The van der Waals surface area contributed by atoms with Gasteiger partial charge in [0.1, 0.15) is 5.82 Å². The summed E-state index contributed by atoms with van der Waals surface area (Å²) < 4.78 is 0. The lowest BCUT2D eigenvalue weighted by Gasteiger charge is -2.34. The summed E-state index contributed by atoms with van der Waals surface area (Å²) in [4.78, 5) is 12.0. The van der Waals surface area contributed by atoms with Crippen LogP contribution in [0, 0.1) is 0 Å². The SMILES string of the molecule is CN1CCN(c2cc(C3c4ccccc4CCCN3C)ccn2)CC1. The molecule has 25 heavy (non-hydrogen) atoms. The number of fused-ring (bicyclic) bond motifs is 1. The molecule has 4 heteroatoms. The zero-order valence-corrected chi connectivity index (χ0v) is 15.4. The third kappa shape index (κ3) is 3.42. The van der Waals surface area contributed by atoms with Gasteiger partial charge < -0.3 is 9.80 Å². The van der Waals surface area contributed by atoms with Crippen molar-refractivity contribution in [3.8, 4) is 0 Å². The summed E-state index contributed by atoms with van der Waals surface area (Å²) >= 11 is 0. The zero-order valence-electron chi connectivity index (χ0n) is 15.4. The Kier molecular flexibility index (Phi) is 4.73. The van der Waals surface area contributed by atoms with E-state index in [0.29, 0.717) is 6.04 Å². The normalized spacial score (nSPS) is 22.5. The maximum atomic E-state index is 4.68. The van der Waals surface area contributed by atoms with E-state index < -0.39 is 0 Å². The molecular weight excluding hydrogens is 308 g/mol. The van der Waals surface area contributed by atoms with Crippen molar-refractivity contribution < 1.29 is 0 Å². The first-order chi connectivity index (χ1) is 12.2. The number of aromatic nitrogens is 1. The number of rotatable bonds is 2. The fourth-order valence-electron chi connectivity index (χ4n) is 4.16. The molecule has 132 valence electrons. The zero-order chi connectivity index (χ0) is 17.2. The van der Waals surface area contributed by atoms with Gasteiger partial charge in [-0.15, -0.1) is 0 Å². The molecular formula is C21H28N4. The Bertz CT molecular complexity index is 721. The fourth-order valence-corrected chi connectivity index (χ4v) is 4.16. The Morgan fingerprint density at radius 1 is 0.960 bits per heavy atom. The van der Waals surface area contributed by atoms with Crippen molar-refractivity contribution in [1.29, 1.82) is 0 Å². The van der Waals surface area contributed by atoms with Crippen LogP contribution in [0.1, 0.15) is 29.2 Å². The molecule has 0 bridgehead atoms. The Morgan fingerprint density at radius 3 is 2.60 bits per heavy atom. The molecule has 4 nitrogen and oxygen atoms in total. The number of piperazine rings is 1. The highest BCUT2D eigenvalue weighted by atomic mass is 15.3. The number of benzene rings is 1. The Morgan fingerprint density at radius 2 is 1.76 bits per heavy atom. The minimum Gasteiger partial charge on any atom is -0.354 e. The molecule has 2 aromatic rings. The Labute approximate surface area is 151 Å². The van der Waals surface area contributed by atoms with Crippen molar-refractivity contribution in [2.24, 2.45) is 0 Å². The lowest BCUT2D eigenvalue weighted by Crippen LogP contribution is -2.44. The van der Waals surface area contributed by atoms with Gasteiger partial charge in [-0.1, -0.05) is 24.3 Å². The summed E-state index contributed by atoms with van der Waals surface area (Å²) in [6.07, 6.45) is 4.39. The summed E-state index contributed by atoms with van der Waals surface area (Å²) in [6, 6.07) is 13.8. The standard InChI is InChI=1S/C21H28N4/c1-23-12-14-25(15-13-23)20-16-18(9-10-22-20)21-19-8-4-3-6-17(19)7-5-11-24(21)2/h3-4,6,8-10,16,21H,5,7,11-15H2,1-2H3. The molecule has 0 amide bonds. The van der Waals surface area contributed by atoms with Crippen molar-refractivity contribution in [1.82, 2.24) is 14.8 Å². The second kappa shape index (κ2) is 7.14. The lowest BCUT2D eigenvalue weighted by atomic mass is 9.94. The van der Waals surface area contributed by atoms with Crippen LogP contribution in [0.25, 0.3) is 0 Å². The maximum Gasteiger partial charge on any atom is 0.128 e. The number of hydrogen-bond acceptors (Lipinski definition) is 4. The van der Waals surface area contributed by atoms with Crippen LogP contribution in [0.3, 0.4) is 0 Å². The van der Waals surface area contributed by atoms with Crippen LogP contribution in [0.15, 0.2) is 42.6 Å². The summed E-state index contributed by atoms with van der Waals surface area (Å²) in [7, 11) is 4.45. The average Bonchev–Trinajstić information content (AvgIpc) is 2.80. The summed E-state index contributed by atoms with van der Waals surface area (Å²) in [5, 5.41) is 0. The molecule has 0 aliphatic carbocycles. The van der Waals surface area contributed by atoms with Crippen molar-refractivity contribution in [3.05, 3.63) is 59.3 Å². The minimum atomic E-state index is 0.327. The van der Waals surface area contributed by atoms with Gasteiger partial charge in [-0.25, -0.2) is 4.98 Å². The van der Waals surface area contributed by atoms with Crippen LogP contribution in [0.2, 0.25) is 0 Å². The van der Waals surface area contributed by atoms with Gasteiger partial charge in [0.15, 0.2) is 0 Å². The third-order valence-electron chi connectivity index (χ3n) is 5.66. The minimum absolute atomic E-state index is 0.327. The molecule has 0 radical (unpaired) electrons. The second-order valence-electron chi connectivity index (χ2n) is 7.42. The van der Waals surface area contributed by atoms with Gasteiger partial charge in [-0.05, 0) is 62.3 Å². The van der Waals surface area contributed by atoms with Gasteiger partial charge in [-0.2, -0.15) is 0 Å². The highest BCUT2D eigenvalue weighted by molar-refractivity contribution is 5.46. The summed E-state index contributed by atoms with van der Waals surface area (Å²) in [6.45, 7) is 5.47. The molecule has 0 saturated carbocycles. The van der Waals surface area contributed by atoms with E-state index in [2.05, 4.69) is 70.2 Å². The quantitative estimate of drug-likeness (QED) is 0.841. The fraction of sp³-hybridized carbons (Fsp3) is 0.476. The van der Waals surface area contributed by atoms with Crippen LogP contribution in [0.5, 0.6) is 0 Å².